The van der Waals surface area contributed by atoms with Gasteiger partial charge in [0.1, 0.15) is 0 Å². The first-order valence-electron chi connectivity index (χ1n) is 10.3. The predicted molar refractivity (Wildman–Crippen MR) is 130 cm³/mol. The Morgan fingerprint density at radius 2 is 0.655 bits per heavy atom. The van der Waals surface area contributed by atoms with Gasteiger partial charge in [-0.25, -0.2) is 0 Å². The van der Waals surface area contributed by atoms with E-state index in [4.69, 9.17) is 11.5 Å². The summed E-state index contributed by atoms with van der Waals surface area (Å²) in [6, 6.07) is 0. The van der Waals surface area contributed by atoms with Gasteiger partial charge < -0.3 is 36.3 Å². The molecule has 29 heavy (non-hydrogen) atoms. The Balaban J connectivity index is -0.000000120. The van der Waals surface area contributed by atoms with Crippen LogP contribution in [-0.2, 0) is 19.5 Å². The Labute approximate surface area is 212 Å². The predicted octanol–water partition coefficient (Wildman–Crippen LogP) is 0.834. The van der Waals surface area contributed by atoms with Gasteiger partial charge in [-0.05, 0) is 58.9 Å². The fourth-order valence-corrected chi connectivity index (χ4v) is 11.6. The van der Waals surface area contributed by atoms with Crippen molar-refractivity contribution in [3.8, 4) is 0 Å². The average Bonchev–Trinajstić information content (AvgIpc) is 2.33. The summed E-state index contributed by atoms with van der Waals surface area (Å²) in [4.78, 5) is 0. The van der Waals surface area contributed by atoms with Crippen LogP contribution < -0.4 is 36.3 Å². The SMILES string of the molecule is CC(C)(C)P(CCCN)C(C)(C)C.CC(C)(C)P(CCCN)C(C)(C)C.[Cl-].[Cl-].[Ru+2]. The van der Waals surface area contributed by atoms with Crippen molar-refractivity contribution in [2.75, 3.05) is 25.4 Å². The van der Waals surface area contributed by atoms with Crippen LogP contribution in [-0.4, -0.2) is 46.0 Å². The fourth-order valence-electron chi connectivity index (χ4n) is 3.85. The molecule has 0 aliphatic rings. The second-order valence-corrected chi connectivity index (χ2v) is 19.2. The van der Waals surface area contributed by atoms with Gasteiger partial charge in [0.2, 0.25) is 0 Å². The van der Waals surface area contributed by atoms with E-state index in [-0.39, 0.29) is 60.1 Å². The summed E-state index contributed by atoms with van der Waals surface area (Å²) in [5.41, 5.74) is 11.1. The fraction of sp³-hybridized carbons (Fsp3) is 1.00. The Kier molecular flexibility index (Phi) is 24.8. The number of rotatable bonds is 6. The quantitative estimate of drug-likeness (QED) is 0.363. The first-order valence-corrected chi connectivity index (χ1v) is 13.4. The van der Waals surface area contributed by atoms with E-state index in [0.29, 0.717) is 20.6 Å². The molecule has 0 atom stereocenters. The number of hydrogen-bond donors (Lipinski definition) is 2. The monoisotopic (exact) mass is 578 g/mol. The van der Waals surface area contributed by atoms with Gasteiger partial charge in [0.15, 0.2) is 0 Å². The molecular formula is C22H52Cl2N2P2Ru. The van der Waals surface area contributed by atoms with E-state index in [0.717, 1.165) is 13.1 Å². The van der Waals surface area contributed by atoms with Crippen LogP contribution in [0, 0.1) is 0 Å². The van der Waals surface area contributed by atoms with Crippen molar-refractivity contribution >= 4 is 15.8 Å². The molecule has 2 nitrogen and oxygen atoms in total. The van der Waals surface area contributed by atoms with Crippen LogP contribution in [0.4, 0.5) is 0 Å². The molecule has 0 aromatic carbocycles. The minimum Gasteiger partial charge on any atom is -1.00 e. The Morgan fingerprint density at radius 3 is 0.759 bits per heavy atom. The van der Waals surface area contributed by atoms with Crippen molar-refractivity contribution in [3.05, 3.63) is 0 Å². The third-order valence-corrected chi connectivity index (χ3v) is 12.4. The summed E-state index contributed by atoms with van der Waals surface area (Å²) >= 11 is 0. The number of hydrogen-bond acceptors (Lipinski definition) is 2. The van der Waals surface area contributed by atoms with E-state index in [1.807, 2.05) is 0 Å². The summed E-state index contributed by atoms with van der Waals surface area (Å²) in [7, 11) is 0.143. The largest absolute Gasteiger partial charge is 2.00 e. The van der Waals surface area contributed by atoms with Gasteiger partial charge in [-0.15, -0.1) is 0 Å². The maximum absolute atomic E-state index is 5.57. The van der Waals surface area contributed by atoms with E-state index >= 15 is 0 Å². The van der Waals surface area contributed by atoms with Crippen molar-refractivity contribution in [2.45, 2.75) is 117 Å². The van der Waals surface area contributed by atoms with Crippen molar-refractivity contribution in [2.24, 2.45) is 11.5 Å². The van der Waals surface area contributed by atoms with E-state index in [1.54, 1.807) is 0 Å². The minimum atomic E-state index is 0. The first-order chi connectivity index (χ1) is 11.4. The average molecular weight is 579 g/mol. The van der Waals surface area contributed by atoms with Crippen molar-refractivity contribution in [1.82, 2.24) is 0 Å². The van der Waals surface area contributed by atoms with Crippen LogP contribution >= 0.6 is 15.8 Å². The number of nitrogens with two attached hydrogens (primary N) is 2. The molecule has 0 aliphatic heterocycles. The molecule has 0 aromatic heterocycles. The first kappa shape index (κ1) is 41.3. The van der Waals surface area contributed by atoms with E-state index in [1.165, 1.54) is 25.2 Å². The zero-order chi connectivity index (χ0) is 21.4. The molecule has 4 N–H and O–H groups in total. The van der Waals surface area contributed by atoms with Crippen molar-refractivity contribution in [3.63, 3.8) is 0 Å². The standard InChI is InChI=1S/2C11H26NP.2ClH.Ru/c2*1-10(2,3)13(9-7-8-12)11(4,5)6;;;/h2*7-9,12H2,1-6H3;2*1H;/q;;;;+2/p-2. The molecule has 0 radical (unpaired) electrons. The molecule has 0 saturated heterocycles. The second kappa shape index (κ2) is 17.5. The van der Waals surface area contributed by atoms with Gasteiger partial charge in [-0.3, -0.25) is 0 Å². The van der Waals surface area contributed by atoms with E-state index < -0.39 is 0 Å². The van der Waals surface area contributed by atoms with Crippen LogP contribution in [0.15, 0.2) is 0 Å². The van der Waals surface area contributed by atoms with Gasteiger partial charge in [-0.2, -0.15) is 0 Å². The Morgan fingerprint density at radius 1 is 0.483 bits per heavy atom. The summed E-state index contributed by atoms with van der Waals surface area (Å²) in [6.45, 7) is 30.0. The zero-order valence-corrected chi connectivity index (χ0v) is 26.4. The van der Waals surface area contributed by atoms with Gasteiger partial charge in [0.25, 0.3) is 0 Å². The third kappa shape index (κ3) is 20.3. The van der Waals surface area contributed by atoms with Gasteiger partial charge >= 0.3 is 19.5 Å². The molecule has 0 unspecified atom stereocenters. The van der Waals surface area contributed by atoms with Crippen LogP contribution in [0.25, 0.3) is 0 Å². The van der Waals surface area contributed by atoms with Crippen LogP contribution in [0.5, 0.6) is 0 Å². The summed E-state index contributed by atoms with van der Waals surface area (Å²) in [5, 5.41) is 1.84. The van der Waals surface area contributed by atoms with Crippen LogP contribution in [0.2, 0.25) is 0 Å². The smallest absolute Gasteiger partial charge is 1.00 e. The molecule has 0 fully saturated rings. The molecule has 0 spiro atoms. The Hall–Kier alpha value is 1.98. The summed E-state index contributed by atoms with van der Waals surface area (Å²) in [6.07, 6.45) is 5.00. The molecule has 0 rings (SSSR count). The molecule has 0 bridgehead atoms. The normalized spacial score (nSPS) is 12.4. The zero-order valence-electron chi connectivity index (χ0n) is 21.4. The maximum Gasteiger partial charge on any atom is 2.00 e. The molecule has 0 heterocycles. The molecular weight excluding hydrogens is 526 g/mol. The summed E-state index contributed by atoms with van der Waals surface area (Å²) < 4.78 is 0. The van der Waals surface area contributed by atoms with E-state index in [9.17, 15) is 0 Å². The number of halogens is 2. The van der Waals surface area contributed by atoms with Crippen molar-refractivity contribution in [1.29, 1.82) is 0 Å². The van der Waals surface area contributed by atoms with Crippen LogP contribution in [0.1, 0.15) is 95.9 Å². The van der Waals surface area contributed by atoms with Gasteiger partial charge in [0, 0.05) is 0 Å². The topological polar surface area (TPSA) is 52.0 Å². The molecule has 0 aliphatic carbocycles. The summed E-state index contributed by atoms with van der Waals surface area (Å²) in [5.74, 6) is 0. The third-order valence-electron chi connectivity index (χ3n) is 4.41. The van der Waals surface area contributed by atoms with Crippen LogP contribution in [0.3, 0.4) is 0 Å². The van der Waals surface area contributed by atoms with E-state index in [2.05, 4.69) is 83.1 Å². The minimum absolute atomic E-state index is 0. The molecule has 0 saturated carbocycles. The molecule has 0 amide bonds. The van der Waals surface area contributed by atoms with Gasteiger partial charge in [-0.1, -0.05) is 98.9 Å². The van der Waals surface area contributed by atoms with Gasteiger partial charge in [0.05, 0.1) is 0 Å². The second-order valence-electron chi connectivity index (χ2n) is 11.3. The molecule has 0 aromatic rings. The maximum atomic E-state index is 5.57. The van der Waals surface area contributed by atoms with Crippen molar-refractivity contribution < 1.29 is 44.3 Å². The molecule has 182 valence electrons. The molecule has 7 heteroatoms. The Bertz CT molecular complexity index is 307.